The van der Waals surface area contributed by atoms with Crippen molar-refractivity contribution in [3.05, 3.63) is 30.1 Å². The summed E-state index contributed by atoms with van der Waals surface area (Å²) in [6, 6.07) is 3.38. The minimum Gasteiger partial charge on any atom is -0.453 e. The highest BCUT2D eigenvalue weighted by Crippen LogP contribution is 2.08. The molecule has 0 saturated heterocycles. The third kappa shape index (κ3) is 3.98. The van der Waals surface area contributed by atoms with Gasteiger partial charge in [0.25, 0.3) is 0 Å². The maximum absolute atomic E-state index is 11.1. The zero-order chi connectivity index (χ0) is 12.7. The van der Waals surface area contributed by atoms with E-state index in [1.165, 1.54) is 20.4 Å². The molecular formula is C10H13N3O4. The molecule has 7 nitrogen and oxygen atoms in total. The van der Waals surface area contributed by atoms with E-state index >= 15 is 0 Å². The number of nitrogens with zero attached hydrogens (tertiary/aromatic N) is 1. The van der Waals surface area contributed by atoms with E-state index in [2.05, 4.69) is 25.1 Å². The van der Waals surface area contributed by atoms with Crippen molar-refractivity contribution in [2.45, 2.75) is 6.17 Å². The Bertz CT molecular complexity index is 364. The number of carbonyl (C=O) groups is 2. The van der Waals surface area contributed by atoms with Crippen LogP contribution in [0.2, 0.25) is 0 Å². The molecule has 0 aromatic carbocycles. The van der Waals surface area contributed by atoms with Crippen LogP contribution >= 0.6 is 0 Å². The van der Waals surface area contributed by atoms with E-state index in [0.717, 1.165) is 0 Å². The summed E-state index contributed by atoms with van der Waals surface area (Å²) >= 11 is 0. The molecular weight excluding hydrogens is 226 g/mol. The number of rotatable bonds is 3. The molecule has 0 spiro atoms. The van der Waals surface area contributed by atoms with Crippen molar-refractivity contribution < 1.29 is 19.1 Å². The lowest BCUT2D eigenvalue weighted by atomic mass is 10.2. The average molecular weight is 239 g/mol. The van der Waals surface area contributed by atoms with Gasteiger partial charge in [0, 0.05) is 18.0 Å². The summed E-state index contributed by atoms with van der Waals surface area (Å²) < 4.78 is 8.91. The van der Waals surface area contributed by atoms with Gasteiger partial charge in [-0.25, -0.2) is 9.59 Å². The SMILES string of the molecule is COC(=O)NC(NC(=O)OC)c1cccnc1. The highest BCUT2D eigenvalue weighted by atomic mass is 16.5. The number of ether oxygens (including phenoxy) is 2. The van der Waals surface area contributed by atoms with Crippen molar-refractivity contribution >= 4 is 12.2 Å². The van der Waals surface area contributed by atoms with Gasteiger partial charge >= 0.3 is 12.2 Å². The van der Waals surface area contributed by atoms with Gasteiger partial charge < -0.3 is 9.47 Å². The Hall–Kier alpha value is -2.31. The van der Waals surface area contributed by atoms with Gasteiger partial charge in [-0.1, -0.05) is 6.07 Å². The maximum Gasteiger partial charge on any atom is 0.408 e. The standard InChI is InChI=1S/C10H13N3O4/c1-16-9(14)12-8(13-10(15)17-2)7-4-3-5-11-6-7/h3-6,8H,1-2H3,(H,12,14)(H,13,15). The fraction of sp³-hybridized carbons (Fsp3) is 0.300. The van der Waals surface area contributed by atoms with Crippen LogP contribution in [0.4, 0.5) is 9.59 Å². The number of methoxy groups -OCH3 is 2. The molecule has 17 heavy (non-hydrogen) atoms. The van der Waals surface area contributed by atoms with Crippen molar-refractivity contribution in [2.75, 3.05) is 14.2 Å². The van der Waals surface area contributed by atoms with Crippen molar-refractivity contribution in [1.29, 1.82) is 0 Å². The van der Waals surface area contributed by atoms with E-state index in [1.807, 2.05) is 0 Å². The second-order valence-corrected chi connectivity index (χ2v) is 2.99. The molecule has 0 aliphatic heterocycles. The lowest BCUT2D eigenvalue weighted by Gasteiger charge is -2.18. The summed E-state index contributed by atoms with van der Waals surface area (Å²) in [6.07, 6.45) is 0.988. The quantitative estimate of drug-likeness (QED) is 0.761. The van der Waals surface area contributed by atoms with E-state index in [-0.39, 0.29) is 0 Å². The summed E-state index contributed by atoms with van der Waals surface area (Å²) in [7, 11) is 2.46. The predicted octanol–water partition coefficient (Wildman–Crippen LogP) is 0.792. The molecule has 0 bridgehead atoms. The van der Waals surface area contributed by atoms with Gasteiger partial charge in [-0.3, -0.25) is 15.6 Å². The average Bonchev–Trinajstić information content (AvgIpc) is 2.38. The molecule has 92 valence electrons. The summed E-state index contributed by atoms with van der Waals surface area (Å²) in [5, 5.41) is 4.87. The van der Waals surface area contributed by atoms with Crippen molar-refractivity contribution in [2.24, 2.45) is 0 Å². The summed E-state index contributed by atoms with van der Waals surface area (Å²) in [4.78, 5) is 26.1. The van der Waals surface area contributed by atoms with Crippen LogP contribution in [0.1, 0.15) is 11.7 Å². The minimum absolute atomic E-state index is 0.600. The number of alkyl carbamates (subject to hydrolysis) is 2. The third-order valence-electron chi connectivity index (χ3n) is 1.91. The largest absolute Gasteiger partial charge is 0.453 e. The smallest absolute Gasteiger partial charge is 0.408 e. The highest BCUT2D eigenvalue weighted by molar-refractivity contribution is 5.71. The maximum atomic E-state index is 11.1. The van der Waals surface area contributed by atoms with Gasteiger partial charge in [0.2, 0.25) is 0 Å². The predicted molar refractivity (Wildman–Crippen MR) is 58.1 cm³/mol. The lowest BCUT2D eigenvalue weighted by molar-refractivity contribution is 0.153. The zero-order valence-corrected chi connectivity index (χ0v) is 9.47. The Morgan fingerprint density at radius 2 is 1.82 bits per heavy atom. The molecule has 0 aliphatic carbocycles. The molecule has 1 heterocycles. The van der Waals surface area contributed by atoms with E-state index in [4.69, 9.17) is 0 Å². The highest BCUT2D eigenvalue weighted by Gasteiger charge is 2.17. The zero-order valence-electron chi connectivity index (χ0n) is 9.47. The summed E-state index contributed by atoms with van der Waals surface area (Å²) in [6.45, 7) is 0. The van der Waals surface area contributed by atoms with Crippen LogP contribution < -0.4 is 10.6 Å². The first-order valence-corrected chi connectivity index (χ1v) is 4.76. The van der Waals surface area contributed by atoms with Crippen molar-refractivity contribution in [3.8, 4) is 0 Å². The Balaban J connectivity index is 2.79. The Labute approximate surface area is 98.1 Å². The fourth-order valence-corrected chi connectivity index (χ4v) is 1.10. The molecule has 2 amide bonds. The van der Waals surface area contributed by atoms with Crippen LogP contribution in [0.15, 0.2) is 24.5 Å². The van der Waals surface area contributed by atoms with Crippen LogP contribution in [-0.2, 0) is 9.47 Å². The molecule has 0 unspecified atom stereocenters. The van der Waals surface area contributed by atoms with Gasteiger partial charge in [-0.15, -0.1) is 0 Å². The molecule has 1 aromatic heterocycles. The summed E-state index contributed by atoms with van der Waals surface area (Å²) in [5.41, 5.74) is 0.600. The fourth-order valence-electron chi connectivity index (χ4n) is 1.10. The normalized spacial score (nSPS) is 9.59. The van der Waals surface area contributed by atoms with Gasteiger partial charge in [-0.05, 0) is 6.07 Å². The van der Waals surface area contributed by atoms with Crippen molar-refractivity contribution in [1.82, 2.24) is 15.6 Å². The number of hydrogen-bond acceptors (Lipinski definition) is 5. The molecule has 7 heteroatoms. The molecule has 0 aliphatic rings. The van der Waals surface area contributed by atoms with E-state index in [9.17, 15) is 9.59 Å². The summed E-state index contributed by atoms with van der Waals surface area (Å²) in [5.74, 6) is 0. The van der Waals surface area contributed by atoms with Crippen LogP contribution in [-0.4, -0.2) is 31.4 Å². The second kappa shape index (κ2) is 6.31. The minimum atomic E-state index is -0.761. The monoisotopic (exact) mass is 239 g/mol. The Kier molecular flexibility index (Phi) is 4.74. The molecule has 1 aromatic rings. The van der Waals surface area contributed by atoms with Crippen LogP contribution in [0, 0.1) is 0 Å². The van der Waals surface area contributed by atoms with Crippen LogP contribution in [0.25, 0.3) is 0 Å². The molecule has 0 radical (unpaired) electrons. The molecule has 0 saturated carbocycles. The number of pyridine rings is 1. The lowest BCUT2D eigenvalue weighted by Crippen LogP contribution is -2.41. The van der Waals surface area contributed by atoms with Crippen LogP contribution in [0.3, 0.4) is 0 Å². The number of hydrogen-bond donors (Lipinski definition) is 2. The molecule has 0 atom stereocenters. The first kappa shape index (κ1) is 12.8. The van der Waals surface area contributed by atoms with E-state index < -0.39 is 18.4 Å². The van der Waals surface area contributed by atoms with Gasteiger partial charge in [0.05, 0.1) is 14.2 Å². The molecule has 2 N–H and O–H groups in total. The molecule has 1 rings (SSSR count). The van der Waals surface area contributed by atoms with Gasteiger partial charge in [-0.2, -0.15) is 0 Å². The Morgan fingerprint density at radius 3 is 2.24 bits per heavy atom. The first-order chi connectivity index (χ1) is 8.17. The van der Waals surface area contributed by atoms with E-state index in [1.54, 1.807) is 18.3 Å². The number of nitrogens with one attached hydrogen (secondary N) is 2. The topological polar surface area (TPSA) is 89.6 Å². The number of aromatic nitrogens is 1. The second-order valence-electron chi connectivity index (χ2n) is 2.99. The molecule has 0 fully saturated rings. The third-order valence-corrected chi connectivity index (χ3v) is 1.91. The van der Waals surface area contributed by atoms with Gasteiger partial charge in [0.1, 0.15) is 6.17 Å². The van der Waals surface area contributed by atoms with Crippen LogP contribution in [0.5, 0.6) is 0 Å². The Morgan fingerprint density at radius 1 is 1.24 bits per heavy atom. The number of amides is 2. The van der Waals surface area contributed by atoms with Crippen molar-refractivity contribution in [3.63, 3.8) is 0 Å². The first-order valence-electron chi connectivity index (χ1n) is 4.76. The van der Waals surface area contributed by atoms with Gasteiger partial charge in [0.15, 0.2) is 0 Å². The number of carbonyl (C=O) groups excluding carboxylic acids is 2. The van der Waals surface area contributed by atoms with E-state index in [0.29, 0.717) is 5.56 Å².